The van der Waals surface area contributed by atoms with Gasteiger partial charge in [-0.1, -0.05) is 11.2 Å². The smallest absolute Gasteiger partial charge is 0.367 e. The molecule has 0 saturated carbocycles. The second-order valence-electron chi connectivity index (χ2n) is 7.29. The van der Waals surface area contributed by atoms with Gasteiger partial charge in [-0.25, -0.2) is 9.78 Å². The summed E-state index contributed by atoms with van der Waals surface area (Å²) in [7, 11) is 0. The highest BCUT2D eigenvalue weighted by molar-refractivity contribution is 7.15. The van der Waals surface area contributed by atoms with Gasteiger partial charge >= 0.3 is 5.97 Å². The van der Waals surface area contributed by atoms with Gasteiger partial charge < -0.3 is 15.3 Å². The van der Waals surface area contributed by atoms with Crippen LogP contribution in [-0.2, 0) is 30.4 Å². The van der Waals surface area contributed by atoms with Crippen LogP contribution in [0.2, 0.25) is 0 Å². The van der Waals surface area contributed by atoms with E-state index in [0.717, 1.165) is 42.7 Å². The molecule has 27 heavy (non-hydrogen) atoms. The molecule has 0 unspecified atom stereocenters. The summed E-state index contributed by atoms with van der Waals surface area (Å²) >= 11 is 1.16. The first-order valence-electron chi connectivity index (χ1n) is 9.39. The first-order valence-corrected chi connectivity index (χ1v) is 10.2. The number of aromatic nitrogens is 1. The Morgan fingerprint density at radius 1 is 1.26 bits per heavy atom. The Hall–Kier alpha value is -2.41. The van der Waals surface area contributed by atoms with E-state index in [9.17, 15) is 4.79 Å². The van der Waals surface area contributed by atoms with Gasteiger partial charge in [-0.05, 0) is 74.6 Å². The molecule has 0 atom stereocenters. The van der Waals surface area contributed by atoms with Crippen molar-refractivity contribution in [2.24, 2.45) is 5.16 Å². The van der Waals surface area contributed by atoms with E-state index in [4.69, 9.17) is 9.94 Å². The standard InChI is InChI=1S/C20H23N3O3S/c1-11(2)26-20(24)19-23-18(16(27-19)10-21-25)22-17-14-7-3-5-12(14)9-13-6-4-8-15(13)17/h9-11,22,25H,3-8H2,1-2H3/b21-10+. The zero-order valence-corrected chi connectivity index (χ0v) is 16.4. The number of oxime groups is 1. The van der Waals surface area contributed by atoms with Gasteiger partial charge in [0.1, 0.15) is 0 Å². The van der Waals surface area contributed by atoms with Crippen molar-refractivity contribution < 1.29 is 14.7 Å². The van der Waals surface area contributed by atoms with Crippen LogP contribution in [0.15, 0.2) is 11.2 Å². The molecular weight excluding hydrogens is 362 g/mol. The molecule has 6 nitrogen and oxygen atoms in total. The topological polar surface area (TPSA) is 83.8 Å². The largest absolute Gasteiger partial charge is 0.458 e. The monoisotopic (exact) mass is 385 g/mol. The third kappa shape index (κ3) is 3.43. The van der Waals surface area contributed by atoms with Crippen LogP contribution in [0.25, 0.3) is 0 Å². The summed E-state index contributed by atoms with van der Waals surface area (Å²) < 4.78 is 5.26. The normalized spacial score (nSPS) is 15.4. The lowest BCUT2D eigenvalue weighted by atomic mass is 9.98. The zero-order chi connectivity index (χ0) is 19.0. The van der Waals surface area contributed by atoms with Gasteiger partial charge in [0.05, 0.1) is 17.2 Å². The average molecular weight is 385 g/mol. The first kappa shape index (κ1) is 18.0. The van der Waals surface area contributed by atoms with E-state index in [2.05, 4.69) is 21.5 Å². The minimum absolute atomic E-state index is 0.214. The number of carbonyl (C=O) groups excluding carboxylic acids is 1. The summed E-state index contributed by atoms with van der Waals surface area (Å²) in [5, 5.41) is 15.9. The van der Waals surface area contributed by atoms with Crippen molar-refractivity contribution in [1.82, 2.24) is 4.98 Å². The lowest BCUT2D eigenvalue weighted by Crippen LogP contribution is -2.11. The third-order valence-electron chi connectivity index (χ3n) is 5.06. The second kappa shape index (κ2) is 7.31. The van der Waals surface area contributed by atoms with Crippen LogP contribution in [0.1, 0.15) is 63.6 Å². The van der Waals surface area contributed by atoms with Crippen molar-refractivity contribution in [2.45, 2.75) is 58.5 Å². The Morgan fingerprint density at radius 2 is 1.93 bits per heavy atom. The quantitative estimate of drug-likeness (QED) is 0.348. The van der Waals surface area contributed by atoms with Crippen LogP contribution in [0, 0.1) is 0 Å². The molecular formula is C20H23N3O3S. The molecule has 1 heterocycles. The molecule has 2 aliphatic carbocycles. The number of fused-ring (bicyclic) bond motifs is 2. The highest BCUT2D eigenvalue weighted by Gasteiger charge is 2.26. The van der Waals surface area contributed by atoms with E-state index in [1.54, 1.807) is 13.8 Å². The molecule has 0 amide bonds. The van der Waals surface area contributed by atoms with Gasteiger partial charge in [-0.2, -0.15) is 0 Å². The SMILES string of the molecule is CC(C)OC(=O)c1nc(Nc2c3c(cc4c2CCC4)CCC3)c(/C=N/O)s1. The van der Waals surface area contributed by atoms with Crippen LogP contribution in [0.5, 0.6) is 0 Å². The number of anilines is 2. The van der Waals surface area contributed by atoms with Crippen LogP contribution in [0.3, 0.4) is 0 Å². The minimum atomic E-state index is -0.459. The number of esters is 1. The van der Waals surface area contributed by atoms with Crippen molar-refractivity contribution in [3.8, 4) is 0 Å². The molecule has 0 radical (unpaired) electrons. The molecule has 0 aliphatic heterocycles. The molecule has 0 bridgehead atoms. The predicted octanol–water partition coefficient (Wildman–Crippen LogP) is 4.24. The number of carbonyl (C=O) groups is 1. The summed E-state index contributed by atoms with van der Waals surface area (Å²) in [5.74, 6) is 0.0852. The minimum Gasteiger partial charge on any atom is -0.458 e. The van der Waals surface area contributed by atoms with Gasteiger partial charge in [0.15, 0.2) is 5.82 Å². The van der Waals surface area contributed by atoms with Crippen LogP contribution in [0.4, 0.5) is 11.5 Å². The lowest BCUT2D eigenvalue weighted by molar-refractivity contribution is 0.0377. The molecule has 4 rings (SSSR count). The summed E-state index contributed by atoms with van der Waals surface area (Å²) in [5.41, 5.74) is 6.71. The molecule has 2 aliphatic rings. The maximum absolute atomic E-state index is 12.2. The van der Waals surface area contributed by atoms with E-state index in [1.807, 2.05) is 0 Å². The summed E-state index contributed by atoms with van der Waals surface area (Å²) in [6.07, 6.45) is 7.78. The number of thiazole rings is 1. The number of nitrogens with zero attached hydrogens (tertiary/aromatic N) is 2. The number of hydrogen-bond donors (Lipinski definition) is 2. The van der Waals surface area contributed by atoms with Crippen LogP contribution in [-0.4, -0.2) is 28.5 Å². The predicted molar refractivity (Wildman–Crippen MR) is 106 cm³/mol. The average Bonchev–Trinajstić information content (AvgIpc) is 3.34. The first-order chi connectivity index (χ1) is 13.1. The molecule has 1 aromatic heterocycles. The number of nitrogens with one attached hydrogen (secondary N) is 1. The van der Waals surface area contributed by atoms with Crippen molar-refractivity contribution >= 4 is 35.0 Å². The number of rotatable bonds is 5. The second-order valence-corrected chi connectivity index (χ2v) is 8.32. The molecule has 2 aromatic rings. The van der Waals surface area contributed by atoms with E-state index in [1.165, 1.54) is 41.3 Å². The van der Waals surface area contributed by atoms with E-state index in [-0.39, 0.29) is 11.1 Å². The van der Waals surface area contributed by atoms with Crippen LogP contribution >= 0.6 is 11.3 Å². The number of ether oxygens (including phenoxy) is 1. The molecule has 0 saturated heterocycles. The summed E-state index contributed by atoms with van der Waals surface area (Å²) in [4.78, 5) is 17.3. The molecule has 0 fully saturated rings. The summed E-state index contributed by atoms with van der Waals surface area (Å²) in [6, 6.07) is 2.37. The Morgan fingerprint density at radius 3 is 2.52 bits per heavy atom. The van der Waals surface area contributed by atoms with Crippen molar-refractivity contribution in [3.63, 3.8) is 0 Å². The van der Waals surface area contributed by atoms with Gasteiger partial charge in [-0.15, -0.1) is 11.3 Å². The third-order valence-corrected chi connectivity index (χ3v) is 6.03. The van der Waals surface area contributed by atoms with Crippen molar-refractivity contribution in [2.75, 3.05) is 5.32 Å². The van der Waals surface area contributed by atoms with Gasteiger partial charge in [0, 0.05) is 5.69 Å². The molecule has 142 valence electrons. The fourth-order valence-electron chi connectivity index (χ4n) is 4.00. The van der Waals surface area contributed by atoms with E-state index in [0.29, 0.717) is 10.7 Å². The maximum Gasteiger partial charge on any atom is 0.367 e. The fourth-order valence-corrected chi connectivity index (χ4v) is 4.77. The van der Waals surface area contributed by atoms with Crippen molar-refractivity contribution in [3.05, 3.63) is 38.2 Å². The number of aryl methyl sites for hydroxylation is 2. The Balaban J connectivity index is 1.73. The van der Waals surface area contributed by atoms with Crippen molar-refractivity contribution in [1.29, 1.82) is 0 Å². The molecule has 0 spiro atoms. The fraction of sp³-hybridized carbons (Fsp3) is 0.450. The van der Waals surface area contributed by atoms with Gasteiger partial charge in [0.2, 0.25) is 5.01 Å². The summed E-state index contributed by atoms with van der Waals surface area (Å²) in [6.45, 7) is 3.61. The molecule has 7 heteroatoms. The molecule has 1 aromatic carbocycles. The van der Waals surface area contributed by atoms with E-state index < -0.39 is 5.97 Å². The Bertz CT molecular complexity index is 885. The van der Waals surface area contributed by atoms with Gasteiger partial charge in [-0.3, -0.25) is 0 Å². The Kier molecular flexibility index (Phi) is 4.86. The Labute approximate surface area is 162 Å². The molecule has 2 N–H and O–H groups in total. The van der Waals surface area contributed by atoms with E-state index >= 15 is 0 Å². The van der Waals surface area contributed by atoms with Crippen LogP contribution < -0.4 is 5.32 Å². The highest BCUT2D eigenvalue weighted by Crippen LogP contribution is 2.40. The zero-order valence-electron chi connectivity index (χ0n) is 15.5. The lowest BCUT2D eigenvalue weighted by Gasteiger charge is -2.16. The maximum atomic E-state index is 12.2. The number of benzene rings is 1. The van der Waals surface area contributed by atoms with Gasteiger partial charge in [0.25, 0.3) is 0 Å². The highest BCUT2D eigenvalue weighted by atomic mass is 32.1. The number of hydrogen-bond acceptors (Lipinski definition) is 7.